The SMILES string of the molecule is CC(=O)Cc1ccccc1C([Se])=Nc1ccccc1. The van der Waals surface area contributed by atoms with Crippen LogP contribution in [0.25, 0.3) is 0 Å². The van der Waals surface area contributed by atoms with E-state index >= 15 is 0 Å². The number of Topliss-reactive ketones (excluding diaryl/α,β-unsaturated/α-hetero) is 1. The van der Waals surface area contributed by atoms with Gasteiger partial charge in [0.25, 0.3) is 0 Å². The molecule has 2 nitrogen and oxygen atoms in total. The van der Waals surface area contributed by atoms with Crippen LogP contribution in [0.3, 0.4) is 0 Å². The van der Waals surface area contributed by atoms with Gasteiger partial charge in [-0.2, -0.15) is 0 Å². The maximum atomic E-state index is 11.3. The first-order valence-electron chi connectivity index (χ1n) is 6.05. The number of nitrogens with zero attached hydrogens (tertiary/aromatic N) is 1. The fraction of sp³-hybridized carbons (Fsp3) is 0.125. The van der Waals surface area contributed by atoms with Crippen LogP contribution in [0, 0.1) is 0 Å². The summed E-state index contributed by atoms with van der Waals surface area (Å²) in [6, 6.07) is 17.6. The van der Waals surface area contributed by atoms with E-state index in [9.17, 15) is 4.79 Å². The number of carbonyl (C=O) groups excluding carboxylic acids is 1. The first kappa shape index (κ1) is 13.7. The van der Waals surface area contributed by atoms with Gasteiger partial charge in [-0.25, -0.2) is 0 Å². The summed E-state index contributed by atoms with van der Waals surface area (Å²) < 4.78 is 0.808. The van der Waals surface area contributed by atoms with Crippen molar-refractivity contribution < 1.29 is 4.79 Å². The summed E-state index contributed by atoms with van der Waals surface area (Å²) in [4.78, 5) is 15.8. The fourth-order valence-electron chi connectivity index (χ4n) is 1.83. The first-order valence-corrected chi connectivity index (χ1v) is 6.91. The van der Waals surface area contributed by atoms with Gasteiger partial charge in [0.05, 0.1) is 0 Å². The Morgan fingerprint density at radius 2 is 1.68 bits per heavy atom. The van der Waals surface area contributed by atoms with Gasteiger partial charge in [0.15, 0.2) is 0 Å². The number of para-hydroxylation sites is 1. The van der Waals surface area contributed by atoms with Crippen LogP contribution in [0.5, 0.6) is 0 Å². The molecule has 0 spiro atoms. The van der Waals surface area contributed by atoms with Crippen molar-refractivity contribution in [3.05, 3.63) is 65.7 Å². The van der Waals surface area contributed by atoms with Gasteiger partial charge in [-0.3, -0.25) is 0 Å². The van der Waals surface area contributed by atoms with Crippen molar-refractivity contribution in [1.82, 2.24) is 0 Å². The van der Waals surface area contributed by atoms with Crippen molar-refractivity contribution in [3.8, 4) is 0 Å². The summed E-state index contributed by atoms with van der Waals surface area (Å²) >= 11 is 2.99. The van der Waals surface area contributed by atoms with E-state index in [-0.39, 0.29) is 5.78 Å². The second-order valence-electron chi connectivity index (χ2n) is 4.29. The minimum absolute atomic E-state index is 0.153. The molecule has 2 aromatic rings. The molecule has 1 radical (unpaired) electrons. The third-order valence-corrected chi connectivity index (χ3v) is 3.33. The first-order chi connectivity index (χ1) is 9.16. The van der Waals surface area contributed by atoms with Crippen molar-refractivity contribution in [2.45, 2.75) is 13.3 Å². The Balaban J connectivity index is 2.36. The van der Waals surface area contributed by atoms with Gasteiger partial charge in [0, 0.05) is 0 Å². The molecule has 0 heterocycles. The molecule has 19 heavy (non-hydrogen) atoms. The van der Waals surface area contributed by atoms with Crippen LogP contribution in [0.2, 0.25) is 0 Å². The standard InChI is InChI=1S/C16H14NOSe/c1-12(18)11-13-7-5-6-10-15(13)16(19)17-14-8-3-2-4-9-14/h2-10H,11H2,1H3. The summed E-state index contributed by atoms with van der Waals surface area (Å²) in [5.74, 6) is 0.153. The Kier molecular flexibility index (Phi) is 4.67. The number of rotatable bonds is 4. The van der Waals surface area contributed by atoms with E-state index in [2.05, 4.69) is 21.0 Å². The predicted octanol–water partition coefficient (Wildman–Crippen LogP) is 3.06. The molecule has 2 aromatic carbocycles. The molecule has 0 amide bonds. The van der Waals surface area contributed by atoms with Gasteiger partial charge in [-0.1, -0.05) is 0 Å². The summed E-state index contributed by atoms with van der Waals surface area (Å²) in [5.41, 5.74) is 2.89. The second kappa shape index (κ2) is 6.46. The molecule has 0 fully saturated rings. The van der Waals surface area contributed by atoms with E-state index in [1.54, 1.807) is 6.92 Å². The van der Waals surface area contributed by atoms with Crippen molar-refractivity contribution in [3.63, 3.8) is 0 Å². The van der Waals surface area contributed by atoms with Gasteiger partial charge < -0.3 is 0 Å². The number of hydrogen-bond acceptors (Lipinski definition) is 2. The molecular formula is C16H14NOSe. The zero-order chi connectivity index (χ0) is 13.7. The van der Waals surface area contributed by atoms with Crippen molar-refractivity contribution in [2.75, 3.05) is 0 Å². The second-order valence-corrected chi connectivity index (χ2v) is 5.10. The average Bonchev–Trinajstić information content (AvgIpc) is 2.39. The van der Waals surface area contributed by atoms with E-state index in [0.717, 1.165) is 21.4 Å². The Morgan fingerprint density at radius 1 is 1.05 bits per heavy atom. The fourth-order valence-corrected chi connectivity index (χ4v) is 2.47. The Bertz CT molecular complexity index is 605. The molecule has 0 saturated carbocycles. The monoisotopic (exact) mass is 316 g/mol. The van der Waals surface area contributed by atoms with E-state index in [1.165, 1.54) is 0 Å². The molecule has 95 valence electrons. The minimum atomic E-state index is 0.153. The van der Waals surface area contributed by atoms with E-state index < -0.39 is 0 Å². The maximum absolute atomic E-state index is 11.3. The quantitative estimate of drug-likeness (QED) is 0.630. The van der Waals surface area contributed by atoms with Crippen LogP contribution in [0.15, 0.2) is 59.6 Å². The number of aliphatic imine (C=N–C) groups is 1. The summed E-state index contributed by atoms with van der Waals surface area (Å²) in [7, 11) is 0. The van der Waals surface area contributed by atoms with Crippen LogP contribution in [-0.2, 0) is 11.2 Å². The zero-order valence-electron chi connectivity index (χ0n) is 10.7. The normalized spacial score (nSPS) is 11.3. The molecule has 0 N–H and O–H groups in total. The van der Waals surface area contributed by atoms with Crippen LogP contribution >= 0.6 is 0 Å². The average molecular weight is 315 g/mol. The summed E-state index contributed by atoms with van der Waals surface area (Å²) in [5, 5.41) is 0. The molecule has 0 saturated heterocycles. The number of benzene rings is 2. The van der Waals surface area contributed by atoms with Gasteiger partial charge in [0.2, 0.25) is 0 Å². The molecule has 0 aromatic heterocycles. The molecule has 0 unspecified atom stereocenters. The van der Waals surface area contributed by atoms with Gasteiger partial charge in [-0.05, 0) is 0 Å². The number of ketones is 1. The van der Waals surface area contributed by atoms with Crippen LogP contribution in [0.1, 0.15) is 18.1 Å². The molecule has 0 aliphatic heterocycles. The van der Waals surface area contributed by atoms with Crippen molar-refractivity contribution in [2.24, 2.45) is 4.99 Å². The van der Waals surface area contributed by atoms with E-state index in [4.69, 9.17) is 0 Å². The van der Waals surface area contributed by atoms with Crippen molar-refractivity contribution in [1.29, 1.82) is 0 Å². The van der Waals surface area contributed by atoms with Crippen LogP contribution < -0.4 is 0 Å². The third-order valence-electron chi connectivity index (χ3n) is 2.67. The summed E-state index contributed by atoms with van der Waals surface area (Å²) in [6.07, 6.45) is 0.436. The Hall–Kier alpha value is -1.70. The van der Waals surface area contributed by atoms with Gasteiger partial charge in [0.1, 0.15) is 0 Å². The van der Waals surface area contributed by atoms with Gasteiger partial charge in [-0.15, -0.1) is 0 Å². The molecular weight excluding hydrogens is 301 g/mol. The zero-order valence-corrected chi connectivity index (χ0v) is 12.4. The third kappa shape index (κ3) is 3.88. The van der Waals surface area contributed by atoms with E-state index in [0.29, 0.717) is 6.42 Å². The molecule has 2 rings (SSSR count). The van der Waals surface area contributed by atoms with Crippen LogP contribution in [-0.4, -0.2) is 26.4 Å². The molecule has 0 bridgehead atoms. The summed E-state index contributed by atoms with van der Waals surface area (Å²) in [6.45, 7) is 1.60. The predicted molar refractivity (Wildman–Crippen MR) is 79.2 cm³/mol. The Morgan fingerprint density at radius 3 is 2.37 bits per heavy atom. The molecule has 3 heteroatoms. The number of hydrogen-bond donors (Lipinski definition) is 0. The number of carbonyl (C=O) groups is 1. The Labute approximate surface area is 121 Å². The van der Waals surface area contributed by atoms with E-state index in [1.807, 2.05) is 54.6 Å². The molecule has 0 atom stereocenters. The molecule has 0 aliphatic rings. The van der Waals surface area contributed by atoms with Crippen molar-refractivity contribution >= 4 is 32.1 Å². The van der Waals surface area contributed by atoms with Gasteiger partial charge >= 0.3 is 121 Å². The van der Waals surface area contributed by atoms with Crippen LogP contribution in [0.4, 0.5) is 5.69 Å². The molecule has 0 aliphatic carbocycles. The topological polar surface area (TPSA) is 29.4 Å².